The molecule has 0 aliphatic rings. The predicted molar refractivity (Wildman–Crippen MR) is 472 cm³/mol. The number of hydrogen-bond donors (Lipinski definition) is 4. The molecule has 0 aromatic heterocycles. The summed E-state index contributed by atoms with van der Waals surface area (Å²) in [5.74, 6) is -1.63. The van der Waals surface area contributed by atoms with Gasteiger partial charge in [-0.2, -0.15) is 0 Å². The molecule has 0 amide bonds. The summed E-state index contributed by atoms with van der Waals surface area (Å²) in [4.78, 5) is 58.9. The van der Waals surface area contributed by atoms with Crippen LogP contribution in [0.25, 0.3) is 0 Å². The number of aliphatic hydroxyl groups is 2. The molecule has 0 rings (SSSR count). The molecule has 0 saturated heterocycles. The standard InChI is InChI=1S/C95H154O16P2/c1-4-7-10-13-16-19-22-25-28-31-34-36-38-40-42-44-46-48-50-52-55-57-60-63-66-69-72-75-78-81-93(98)105-84-90(96)85-107-112(101,102)108-86-91(97)87-109-113(103,104)110-89-92(111-95(100)83-80-77-74-71-68-65-62-59-54-33-30-27-24-21-18-15-12-9-6-3)88-106-94(99)82-79-76-73-70-67-64-61-58-56-53-51-49-47-45-43-41-39-37-35-32-29-26-23-20-17-14-11-8-5-2/h7-12,16-21,25-30,34-37,40-43,46-49,54,59,65,68,90-92,96-97H,4-6,13-15,22-24,31-33,38-39,44-45,50-53,55-58,60-64,66-67,69-89H2,1-3H3,(H,101,102)(H,103,104)/b10-7-,11-8-,12-9-,19-16-,20-17-,21-18-,28-25-,29-26-,30-27-,36-34-,37-35-,42-40-,43-41-,48-46-,49-47-,59-54-,68-65-. The van der Waals surface area contributed by atoms with Crippen LogP contribution in [-0.2, 0) is 55.8 Å². The number of rotatable bonds is 80. The Balaban J connectivity index is 4.66. The summed E-state index contributed by atoms with van der Waals surface area (Å²) >= 11 is 0. The van der Waals surface area contributed by atoms with Crippen LogP contribution in [0, 0.1) is 0 Å². The highest BCUT2D eigenvalue weighted by molar-refractivity contribution is 7.47. The highest BCUT2D eigenvalue weighted by atomic mass is 31.2. The zero-order valence-electron chi connectivity index (χ0n) is 70.2. The molecule has 0 fully saturated rings. The Kier molecular flexibility index (Phi) is 81.1. The minimum Gasteiger partial charge on any atom is -0.463 e. The highest BCUT2D eigenvalue weighted by Crippen LogP contribution is 2.45. The lowest BCUT2D eigenvalue weighted by atomic mass is 10.1. The average molecular weight is 1610 g/mol. The Morgan fingerprint density at radius 3 is 0.708 bits per heavy atom. The fourth-order valence-electron chi connectivity index (χ4n) is 11.0. The van der Waals surface area contributed by atoms with Gasteiger partial charge in [0.25, 0.3) is 0 Å². The Labute approximate surface area is 686 Å². The van der Waals surface area contributed by atoms with Crippen LogP contribution in [0.5, 0.6) is 0 Å². The van der Waals surface area contributed by atoms with Gasteiger partial charge in [-0.15, -0.1) is 0 Å². The van der Waals surface area contributed by atoms with Gasteiger partial charge >= 0.3 is 33.6 Å². The molecule has 0 saturated carbocycles. The van der Waals surface area contributed by atoms with E-state index in [1.54, 1.807) is 0 Å². The minimum absolute atomic E-state index is 0.0569. The van der Waals surface area contributed by atoms with E-state index in [-0.39, 0.29) is 19.3 Å². The third-order valence-electron chi connectivity index (χ3n) is 17.5. The lowest BCUT2D eigenvalue weighted by molar-refractivity contribution is -0.161. The first-order chi connectivity index (χ1) is 55.2. The van der Waals surface area contributed by atoms with Gasteiger partial charge in [-0.3, -0.25) is 32.5 Å². The maximum Gasteiger partial charge on any atom is 0.472 e. The van der Waals surface area contributed by atoms with Crippen LogP contribution in [0.15, 0.2) is 207 Å². The maximum absolute atomic E-state index is 13.0. The van der Waals surface area contributed by atoms with Crippen molar-refractivity contribution in [3.8, 4) is 0 Å². The van der Waals surface area contributed by atoms with Crippen molar-refractivity contribution in [2.75, 3.05) is 39.6 Å². The lowest BCUT2D eigenvalue weighted by Gasteiger charge is -2.21. The van der Waals surface area contributed by atoms with E-state index < -0.39 is 91.5 Å². The Morgan fingerprint density at radius 1 is 0.248 bits per heavy atom. The smallest absolute Gasteiger partial charge is 0.463 e. The van der Waals surface area contributed by atoms with E-state index in [9.17, 15) is 43.5 Å². The zero-order chi connectivity index (χ0) is 82.2. The Bertz CT molecular complexity index is 2880. The van der Waals surface area contributed by atoms with Gasteiger partial charge < -0.3 is 34.2 Å². The zero-order valence-corrected chi connectivity index (χ0v) is 72.0. The molecule has 0 aliphatic carbocycles. The molecule has 0 aromatic rings. The number of phosphoric ester groups is 2. The number of ether oxygens (including phenoxy) is 3. The molecule has 0 heterocycles. The van der Waals surface area contributed by atoms with Gasteiger partial charge in [0.15, 0.2) is 6.10 Å². The predicted octanol–water partition coefficient (Wildman–Crippen LogP) is 26.4. The first-order valence-corrected chi connectivity index (χ1v) is 46.4. The third-order valence-corrected chi connectivity index (χ3v) is 19.4. The van der Waals surface area contributed by atoms with Crippen LogP contribution in [0.3, 0.4) is 0 Å². The molecule has 113 heavy (non-hydrogen) atoms. The molecule has 0 spiro atoms. The number of carbonyl (C=O) groups excluding carboxylic acids is 3. The van der Waals surface area contributed by atoms with E-state index in [1.165, 1.54) is 64.2 Å². The Morgan fingerprint density at radius 2 is 0.442 bits per heavy atom. The number of unbranched alkanes of at least 4 members (excludes halogenated alkanes) is 23. The van der Waals surface area contributed by atoms with Gasteiger partial charge in [0.1, 0.15) is 25.4 Å². The minimum atomic E-state index is -4.96. The number of phosphoric acid groups is 2. The number of carbonyl (C=O) groups is 3. The third kappa shape index (κ3) is 86.8. The second-order valence-corrected chi connectivity index (χ2v) is 31.1. The monoisotopic (exact) mass is 1610 g/mol. The summed E-state index contributed by atoms with van der Waals surface area (Å²) in [6, 6.07) is 0. The Hall–Kier alpha value is -5.87. The number of hydrogen-bond acceptors (Lipinski definition) is 14. The van der Waals surface area contributed by atoms with E-state index in [0.717, 1.165) is 193 Å². The van der Waals surface area contributed by atoms with Crippen molar-refractivity contribution in [3.05, 3.63) is 207 Å². The molecule has 18 heteroatoms. The molecule has 5 atom stereocenters. The fourth-order valence-corrected chi connectivity index (χ4v) is 12.6. The van der Waals surface area contributed by atoms with E-state index in [1.807, 2.05) is 0 Å². The van der Waals surface area contributed by atoms with Crippen molar-refractivity contribution in [1.82, 2.24) is 0 Å². The summed E-state index contributed by atoms with van der Waals surface area (Å²) in [5.41, 5.74) is 0. The van der Waals surface area contributed by atoms with Crippen LogP contribution in [0.2, 0.25) is 0 Å². The van der Waals surface area contributed by atoms with Gasteiger partial charge in [-0.25, -0.2) is 9.13 Å². The van der Waals surface area contributed by atoms with Gasteiger partial charge in [-0.1, -0.05) is 337 Å². The largest absolute Gasteiger partial charge is 0.472 e. The van der Waals surface area contributed by atoms with Crippen LogP contribution in [0.1, 0.15) is 316 Å². The quantitative estimate of drug-likeness (QED) is 0.0146. The summed E-state index contributed by atoms with van der Waals surface area (Å²) in [7, 11) is -9.83. The number of allylic oxidation sites excluding steroid dienone is 34. The molecule has 0 radical (unpaired) electrons. The summed E-state index contributed by atoms with van der Waals surface area (Å²) in [6.07, 6.45) is 114. The summed E-state index contributed by atoms with van der Waals surface area (Å²) in [6.45, 7) is 2.29. The van der Waals surface area contributed by atoms with E-state index in [0.29, 0.717) is 19.3 Å². The summed E-state index contributed by atoms with van der Waals surface area (Å²) < 4.78 is 61.3. The normalized spacial score (nSPS) is 14.9. The van der Waals surface area contributed by atoms with Crippen molar-refractivity contribution in [2.24, 2.45) is 0 Å². The topological polar surface area (TPSA) is 231 Å². The lowest BCUT2D eigenvalue weighted by Crippen LogP contribution is -2.30. The van der Waals surface area contributed by atoms with Crippen molar-refractivity contribution in [3.63, 3.8) is 0 Å². The second kappa shape index (κ2) is 85.5. The SMILES string of the molecule is CC/C=C\C/C=C\C/C=C\C/C=C\C/C=C\C/C=C\CCCCCCCCCCCCC(=O)OCC(O)COP(=O)(O)OCC(O)COP(=O)(O)OCC(COC(=O)CCCCCCCCCCCC/C=C\C/C=C\C/C=C\C/C=C\C/C=C\C/C=C\CC)OC(=O)CCCCC/C=C\C/C=C\C/C=C\C/C=C\C/C=C\CC. The molecular formula is C95H154O16P2. The summed E-state index contributed by atoms with van der Waals surface area (Å²) in [5, 5.41) is 20.7. The molecule has 0 aliphatic heterocycles. The van der Waals surface area contributed by atoms with Crippen LogP contribution >= 0.6 is 15.6 Å². The van der Waals surface area contributed by atoms with Crippen LogP contribution in [-0.4, -0.2) is 95.9 Å². The molecule has 5 unspecified atom stereocenters. The molecule has 0 aromatic carbocycles. The van der Waals surface area contributed by atoms with Gasteiger partial charge in [-0.05, 0) is 167 Å². The maximum atomic E-state index is 13.0. The second-order valence-electron chi connectivity index (χ2n) is 28.2. The van der Waals surface area contributed by atoms with Crippen molar-refractivity contribution in [1.29, 1.82) is 0 Å². The molecule has 0 bridgehead atoms. The number of aliphatic hydroxyl groups excluding tert-OH is 2. The van der Waals surface area contributed by atoms with Gasteiger partial charge in [0.05, 0.1) is 26.4 Å². The molecular weight excluding hydrogens is 1460 g/mol. The van der Waals surface area contributed by atoms with Crippen LogP contribution < -0.4 is 0 Å². The highest BCUT2D eigenvalue weighted by Gasteiger charge is 2.29. The molecule has 640 valence electrons. The van der Waals surface area contributed by atoms with Gasteiger partial charge in [0, 0.05) is 19.3 Å². The molecule has 4 N–H and O–H groups in total. The van der Waals surface area contributed by atoms with E-state index in [4.69, 9.17) is 32.3 Å². The van der Waals surface area contributed by atoms with Crippen molar-refractivity contribution in [2.45, 2.75) is 334 Å². The van der Waals surface area contributed by atoms with Gasteiger partial charge in [0.2, 0.25) is 0 Å². The first-order valence-electron chi connectivity index (χ1n) is 43.4. The van der Waals surface area contributed by atoms with Crippen LogP contribution in [0.4, 0.5) is 0 Å². The van der Waals surface area contributed by atoms with Crippen molar-refractivity contribution < 1.29 is 75.8 Å². The van der Waals surface area contributed by atoms with E-state index in [2.05, 4.69) is 227 Å². The number of esters is 3. The average Bonchev–Trinajstić information content (AvgIpc) is 0.899. The molecule has 16 nitrogen and oxygen atoms in total. The fraction of sp³-hybridized carbons (Fsp3) is 0.611. The van der Waals surface area contributed by atoms with E-state index >= 15 is 0 Å². The first kappa shape index (κ1) is 107. The van der Waals surface area contributed by atoms with Crippen molar-refractivity contribution >= 4 is 33.6 Å².